The second-order valence-corrected chi connectivity index (χ2v) is 8.92. The van der Waals surface area contributed by atoms with Crippen LogP contribution in [-0.2, 0) is 0 Å². The largest absolute Gasteiger partial charge is 0.135 e. The second kappa shape index (κ2) is 7.54. The molecular formula is C30H20S. The highest BCUT2D eigenvalue weighted by atomic mass is 32.1. The Morgan fingerprint density at radius 1 is 0.323 bits per heavy atom. The van der Waals surface area contributed by atoms with Crippen LogP contribution >= 0.6 is 11.3 Å². The van der Waals surface area contributed by atoms with Crippen LogP contribution in [0.5, 0.6) is 0 Å². The highest BCUT2D eigenvalue weighted by Gasteiger charge is 2.10. The fourth-order valence-corrected chi connectivity index (χ4v) is 5.38. The van der Waals surface area contributed by atoms with Crippen molar-refractivity contribution in [2.45, 2.75) is 0 Å². The van der Waals surface area contributed by atoms with Crippen LogP contribution in [0, 0.1) is 0 Å². The van der Waals surface area contributed by atoms with Crippen molar-refractivity contribution < 1.29 is 0 Å². The zero-order valence-corrected chi connectivity index (χ0v) is 17.8. The van der Waals surface area contributed by atoms with Gasteiger partial charge in [-0.3, -0.25) is 0 Å². The van der Waals surface area contributed by atoms with Gasteiger partial charge in [0, 0.05) is 20.2 Å². The number of hydrogen-bond acceptors (Lipinski definition) is 1. The molecule has 0 nitrogen and oxygen atoms in total. The van der Waals surface area contributed by atoms with Crippen LogP contribution in [0.3, 0.4) is 0 Å². The molecule has 0 radical (unpaired) electrons. The van der Waals surface area contributed by atoms with Crippen molar-refractivity contribution >= 4 is 31.5 Å². The van der Waals surface area contributed by atoms with Crippen molar-refractivity contribution in [2.75, 3.05) is 0 Å². The van der Waals surface area contributed by atoms with Crippen molar-refractivity contribution in [1.82, 2.24) is 0 Å². The average molecular weight is 413 g/mol. The third-order valence-electron chi connectivity index (χ3n) is 5.86. The van der Waals surface area contributed by atoms with E-state index in [1.807, 2.05) is 11.3 Å². The summed E-state index contributed by atoms with van der Waals surface area (Å²) in [6, 6.07) is 43.8. The van der Waals surface area contributed by atoms with E-state index in [2.05, 4.69) is 121 Å². The molecule has 31 heavy (non-hydrogen) atoms. The standard InChI is InChI=1S/C30H20S/c1-3-9-21(10-4-1)24-17-25(22-11-5-2-6-12-22)19-26(18-24)23-15-16-30-28(20-23)27-13-7-8-14-29(27)31-30/h1-20H. The second-order valence-electron chi connectivity index (χ2n) is 7.84. The lowest BCUT2D eigenvalue weighted by molar-refractivity contribution is 1.57. The molecule has 1 aromatic heterocycles. The summed E-state index contributed by atoms with van der Waals surface area (Å²) in [5.41, 5.74) is 7.47. The number of thiophene rings is 1. The van der Waals surface area contributed by atoms with Crippen molar-refractivity contribution in [3.63, 3.8) is 0 Å². The van der Waals surface area contributed by atoms with Gasteiger partial charge in [-0.1, -0.05) is 84.9 Å². The molecule has 6 rings (SSSR count). The van der Waals surface area contributed by atoms with Crippen LogP contribution in [0.1, 0.15) is 0 Å². The van der Waals surface area contributed by atoms with Gasteiger partial charge in [0.05, 0.1) is 0 Å². The Morgan fingerprint density at radius 2 is 0.839 bits per heavy atom. The van der Waals surface area contributed by atoms with Gasteiger partial charge in [0.1, 0.15) is 0 Å². The van der Waals surface area contributed by atoms with E-state index in [1.54, 1.807) is 0 Å². The third-order valence-corrected chi connectivity index (χ3v) is 7.01. The normalized spacial score (nSPS) is 11.2. The third kappa shape index (κ3) is 3.34. The van der Waals surface area contributed by atoms with E-state index in [0.717, 1.165) is 0 Å². The van der Waals surface area contributed by atoms with Gasteiger partial charge in [-0.05, 0) is 69.8 Å². The van der Waals surface area contributed by atoms with Crippen molar-refractivity contribution in [3.8, 4) is 33.4 Å². The Morgan fingerprint density at radius 3 is 1.48 bits per heavy atom. The summed E-state index contributed by atoms with van der Waals surface area (Å²) < 4.78 is 2.69. The van der Waals surface area contributed by atoms with Gasteiger partial charge in [-0.15, -0.1) is 11.3 Å². The van der Waals surface area contributed by atoms with E-state index in [4.69, 9.17) is 0 Å². The molecule has 0 bridgehead atoms. The highest BCUT2D eigenvalue weighted by Crippen LogP contribution is 2.38. The van der Waals surface area contributed by atoms with Gasteiger partial charge in [-0.25, -0.2) is 0 Å². The molecule has 1 heteroatoms. The minimum Gasteiger partial charge on any atom is -0.135 e. The van der Waals surface area contributed by atoms with Gasteiger partial charge < -0.3 is 0 Å². The minimum absolute atomic E-state index is 1.24. The summed E-state index contributed by atoms with van der Waals surface area (Å²) in [5, 5.41) is 2.68. The fraction of sp³-hybridized carbons (Fsp3) is 0. The van der Waals surface area contributed by atoms with Crippen LogP contribution in [-0.4, -0.2) is 0 Å². The Bertz CT molecular complexity index is 1450. The lowest BCUT2D eigenvalue weighted by Crippen LogP contribution is -1.86. The van der Waals surface area contributed by atoms with Crippen molar-refractivity contribution in [1.29, 1.82) is 0 Å². The summed E-state index contributed by atoms with van der Waals surface area (Å²) in [4.78, 5) is 0. The van der Waals surface area contributed by atoms with E-state index in [0.29, 0.717) is 0 Å². The van der Waals surface area contributed by atoms with Crippen LogP contribution in [0.25, 0.3) is 53.6 Å². The molecular weight excluding hydrogens is 392 g/mol. The number of hydrogen-bond donors (Lipinski definition) is 0. The summed E-state index contributed by atoms with van der Waals surface area (Å²) in [6.07, 6.45) is 0. The van der Waals surface area contributed by atoms with E-state index in [1.165, 1.54) is 53.6 Å². The van der Waals surface area contributed by atoms with Crippen LogP contribution in [0.15, 0.2) is 121 Å². The Balaban J connectivity index is 1.58. The number of benzene rings is 5. The summed E-state index contributed by atoms with van der Waals surface area (Å²) in [5.74, 6) is 0. The van der Waals surface area contributed by atoms with E-state index in [-0.39, 0.29) is 0 Å². The van der Waals surface area contributed by atoms with Gasteiger partial charge in [0.15, 0.2) is 0 Å². The Labute approximate surface area is 186 Å². The number of rotatable bonds is 3. The lowest BCUT2D eigenvalue weighted by atomic mass is 9.93. The maximum atomic E-state index is 2.35. The topological polar surface area (TPSA) is 0 Å². The maximum Gasteiger partial charge on any atom is 0.0355 e. The molecule has 5 aromatic carbocycles. The van der Waals surface area contributed by atoms with Crippen LogP contribution in [0.2, 0.25) is 0 Å². The first-order valence-corrected chi connectivity index (χ1v) is 11.3. The predicted octanol–water partition coefficient (Wildman–Crippen LogP) is 9.06. The van der Waals surface area contributed by atoms with Crippen LogP contribution < -0.4 is 0 Å². The number of fused-ring (bicyclic) bond motifs is 3. The molecule has 0 spiro atoms. The van der Waals surface area contributed by atoms with Crippen molar-refractivity contribution in [2.24, 2.45) is 0 Å². The van der Waals surface area contributed by atoms with Gasteiger partial charge in [0.2, 0.25) is 0 Å². The van der Waals surface area contributed by atoms with Crippen LogP contribution in [0.4, 0.5) is 0 Å². The first-order valence-electron chi connectivity index (χ1n) is 10.5. The maximum absolute atomic E-state index is 2.35. The predicted molar refractivity (Wildman–Crippen MR) is 136 cm³/mol. The molecule has 0 amide bonds. The summed E-state index contributed by atoms with van der Waals surface area (Å²) >= 11 is 1.87. The molecule has 0 aliphatic rings. The zero-order chi connectivity index (χ0) is 20.6. The molecule has 1 heterocycles. The van der Waals surface area contributed by atoms with E-state index in [9.17, 15) is 0 Å². The molecule has 0 atom stereocenters. The van der Waals surface area contributed by atoms with E-state index >= 15 is 0 Å². The molecule has 0 fully saturated rings. The molecule has 0 aliphatic heterocycles. The zero-order valence-electron chi connectivity index (χ0n) is 17.0. The molecule has 0 unspecified atom stereocenters. The SMILES string of the molecule is c1ccc(-c2cc(-c3ccccc3)cc(-c3ccc4sc5ccccc5c4c3)c2)cc1. The molecule has 0 N–H and O–H groups in total. The molecule has 6 aromatic rings. The molecule has 0 aliphatic carbocycles. The summed E-state index contributed by atoms with van der Waals surface area (Å²) in [7, 11) is 0. The Kier molecular flexibility index (Phi) is 4.40. The smallest absolute Gasteiger partial charge is 0.0355 e. The van der Waals surface area contributed by atoms with Gasteiger partial charge >= 0.3 is 0 Å². The van der Waals surface area contributed by atoms with E-state index < -0.39 is 0 Å². The Hall–Kier alpha value is -3.68. The average Bonchev–Trinajstić information content (AvgIpc) is 3.23. The van der Waals surface area contributed by atoms with Gasteiger partial charge in [-0.2, -0.15) is 0 Å². The molecule has 0 saturated carbocycles. The highest BCUT2D eigenvalue weighted by molar-refractivity contribution is 7.25. The first-order chi connectivity index (χ1) is 15.3. The lowest BCUT2D eigenvalue weighted by Gasteiger charge is -2.11. The fourth-order valence-electron chi connectivity index (χ4n) is 4.29. The van der Waals surface area contributed by atoms with Crippen molar-refractivity contribution in [3.05, 3.63) is 121 Å². The quantitative estimate of drug-likeness (QED) is 0.272. The molecule has 146 valence electrons. The first kappa shape index (κ1) is 18.1. The summed E-state index contributed by atoms with van der Waals surface area (Å²) in [6.45, 7) is 0. The minimum atomic E-state index is 1.24. The molecule has 0 saturated heterocycles. The van der Waals surface area contributed by atoms with Gasteiger partial charge in [0.25, 0.3) is 0 Å². The monoisotopic (exact) mass is 412 g/mol.